The first-order chi connectivity index (χ1) is 14.0. The van der Waals surface area contributed by atoms with Gasteiger partial charge in [-0.05, 0) is 38.5 Å². The SMILES string of the molecule is CCOc1ccc2nc(SCC(=O)Nn3cnc4sc(C)c(C)c4c3=O)[nH]c2c1. The molecule has 0 saturated carbocycles. The molecule has 3 aromatic heterocycles. The van der Waals surface area contributed by atoms with Crippen LogP contribution in [0, 0.1) is 13.8 Å². The molecular weight excluding hydrogens is 410 g/mol. The fourth-order valence-corrected chi connectivity index (χ4v) is 4.57. The summed E-state index contributed by atoms with van der Waals surface area (Å²) in [6, 6.07) is 5.60. The highest BCUT2D eigenvalue weighted by Crippen LogP contribution is 2.25. The summed E-state index contributed by atoms with van der Waals surface area (Å²) in [7, 11) is 0. The number of nitrogens with one attached hydrogen (secondary N) is 2. The number of thioether (sulfide) groups is 1. The number of ether oxygens (including phenoxy) is 1. The average molecular weight is 430 g/mol. The Labute approximate surface area is 174 Å². The van der Waals surface area contributed by atoms with Crippen LogP contribution in [0.5, 0.6) is 5.75 Å². The van der Waals surface area contributed by atoms with Gasteiger partial charge in [-0.25, -0.2) is 14.6 Å². The van der Waals surface area contributed by atoms with Crippen molar-refractivity contribution in [3.8, 4) is 5.75 Å². The second-order valence-electron chi connectivity index (χ2n) is 6.36. The number of hydrogen-bond acceptors (Lipinski definition) is 7. The Morgan fingerprint density at radius 3 is 3.00 bits per heavy atom. The number of fused-ring (bicyclic) bond motifs is 2. The van der Waals surface area contributed by atoms with E-state index in [-0.39, 0.29) is 17.2 Å². The number of amides is 1. The first-order valence-corrected chi connectivity index (χ1v) is 10.8. The monoisotopic (exact) mass is 429 g/mol. The quantitative estimate of drug-likeness (QED) is 0.456. The minimum atomic E-state index is -0.321. The summed E-state index contributed by atoms with van der Waals surface area (Å²) < 4.78 is 6.62. The van der Waals surface area contributed by atoms with E-state index >= 15 is 0 Å². The Bertz CT molecular complexity index is 1270. The number of carbonyl (C=O) groups is 1. The lowest BCUT2D eigenvalue weighted by atomic mass is 10.2. The molecule has 0 bridgehead atoms. The molecule has 0 saturated heterocycles. The van der Waals surface area contributed by atoms with E-state index in [1.54, 1.807) is 0 Å². The van der Waals surface area contributed by atoms with Crippen LogP contribution in [0.4, 0.5) is 0 Å². The average Bonchev–Trinajstić information content (AvgIpc) is 3.23. The molecule has 0 unspecified atom stereocenters. The summed E-state index contributed by atoms with van der Waals surface area (Å²) in [6.45, 7) is 6.35. The molecule has 1 amide bonds. The topological polar surface area (TPSA) is 102 Å². The third kappa shape index (κ3) is 3.85. The van der Waals surface area contributed by atoms with Gasteiger partial charge < -0.3 is 9.72 Å². The van der Waals surface area contributed by atoms with Crippen molar-refractivity contribution in [2.75, 3.05) is 17.8 Å². The molecule has 2 N–H and O–H groups in total. The highest BCUT2D eigenvalue weighted by Gasteiger charge is 2.14. The Hall–Kier alpha value is -2.85. The van der Waals surface area contributed by atoms with E-state index in [1.807, 2.05) is 39.0 Å². The van der Waals surface area contributed by atoms with Crippen LogP contribution < -0.4 is 15.7 Å². The van der Waals surface area contributed by atoms with Gasteiger partial charge in [0, 0.05) is 10.9 Å². The van der Waals surface area contributed by atoms with Gasteiger partial charge in [-0.15, -0.1) is 11.3 Å². The summed E-state index contributed by atoms with van der Waals surface area (Å²) in [4.78, 5) is 38.6. The van der Waals surface area contributed by atoms with Crippen LogP contribution >= 0.6 is 23.1 Å². The van der Waals surface area contributed by atoms with Crippen molar-refractivity contribution in [1.29, 1.82) is 0 Å². The fraction of sp³-hybridized carbons (Fsp3) is 0.263. The molecule has 150 valence electrons. The molecule has 0 aliphatic carbocycles. The summed E-state index contributed by atoms with van der Waals surface area (Å²) in [5, 5.41) is 1.17. The number of imidazole rings is 1. The number of aromatic amines is 1. The summed E-state index contributed by atoms with van der Waals surface area (Å²) in [5.41, 5.74) is 4.85. The molecule has 4 aromatic rings. The summed E-state index contributed by atoms with van der Waals surface area (Å²) in [5.74, 6) is 0.544. The highest BCUT2D eigenvalue weighted by molar-refractivity contribution is 7.99. The van der Waals surface area contributed by atoms with Gasteiger partial charge in [0.1, 0.15) is 16.9 Å². The van der Waals surface area contributed by atoms with Crippen molar-refractivity contribution >= 4 is 50.3 Å². The number of benzene rings is 1. The number of thiophene rings is 1. The zero-order chi connectivity index (χ0) is 20.5. The van der Waals surface area contributed by atoms with E-state index in [1.165, 1.54) is 29.4 Å². The van der Waals surface area contributed by atoms with E-state index in [9.17, 15) is 9.59 Å². The third-order valence-electron chi connectivity index (χ3n) is 4.42. The van der Waals surface area contributed by atoms with Crippen LogP contribution in [0.15, 0.2) is 34.5 Å². The number of nitrogens with zero attached hydrogens (tertiary/aromatic N) is 3. The van der Waals surface area contributed by atoms with Crippen molar-refractivity contribution < 1.29 is 9.53 Å². The molecule has 8 nitrogen and oxygen atoms in total. The molecule has 29 heavy (non-hydrogen) atoms. The van der Waals surface area contributed by atoms with Gasteiger partial charge in [-0.3, -0.25) is 15.0 Å². The zero-order valence-electron chi connectivity index (χ0n) is 16.1. The van der Waals surface area contributed by atoms with Gasteiger partial charge in [-0.2, -0.15) is 0 Å². The van der Waals surface area contributed by atoms with Crippen molar-refractivity contribution in [2.24, 2.45) is 0 Å². The Morgan fingerprint density at radius 2 is 2.21 bits per heavy atom. The number of aromatic nitrogens is 4. The molecule has 0 aliphatic heterocycles. The third-order valence-corrected chi connectivity index (χ3v) is 6.41. The van der Waals surface area contributed by atoms with Crippen molar-refractivity contribution in [1.82, 2.24) is 19.6 Å². The lowest BCUT2D eigenvalue weighted by Crippen LogP contribution is -2.34. The maximum atomic E-state index is 12.7. The number of hydrogen-bond donors (Lipinski definition) is 2. The molecule has 0 radical (unpaired) electrons. The fourth-order valence-electron chi connectivity index (χ4n) is 2.91. The van der Waals surface area contributed by atoms with Gasteiger partial charge in [0.15, 0.2) is 5.16 Å². The summed E-state index contributed by atoms with van der Waals surface area (Å²) >= 11 is 2.73. The van der Waals surface area contributed by atoms with Crippen LogP contribution in [0.1, 0.15) is 17.4 Å². The molecular formula is C19H19N5O3S2. The molecule has 10 heteroatoms. The Kier molecular flexibility index (Phi) is 5.29. The minimum Gasteiger partial charge on any atom is -0.494 e. The second-order valence-corrected chi connectivity index (χ2v) is 8.53. The number of aryl methyl sites for hydroxylation is 2. The molecule has 0 fully saturated rings. The molecule has 0 atom stereocenters. The Morgan fingerprint density at radius 1 is 1.38 bits per heavy atom. The first-order valence-electron chi connectivity index (χ1n) is 8.99. The summed E-state index contributed by atoms with van der Waals surface area (Å²) in [6.07, 6.45) is 1.35. The van der Waals surface area contributed by atoms with E-state index in [0.29, 0.717) is 22.0 Å². The van der Waals surface area contributed by atoms with E-state index in [0.717, 1.165) is 31.9 Å². The van der Waals surface area contributed by atoms with Gasteiger partial charge in [0.25, 0.3) is 5.56 Å². The van der Waals surface area contributed by atoms with Gasteiger partial charge in [0.2, 0.25) is 5.91 Å². The van der Waals surface area contributed by atoms with Crippen molar-refractivity contribution in [3.63, 3.8) is 0 Å². The van der Waals surface area contributed by atoms with Crippen LogP contribution in [0.3, 0.4) is 0 Å². The van der Waals surface area contributed by atoms with E-state index < -0.39 is 0 Å². The van der Waals surface area contributed by atoms with Crippen LogP contribution in [-0.2, 0) is 4.79 Å². The maximum absolute atomic E-state index is 12.7. The van der Waals surface area contributed by atoms with Gasteiger partial charge in [-0.1, -0.05) is 11.8 Å². The molecule has 1 aromatic carbocycles. The maximum Gasteiger partial charge on any atom is 0.281 e. The number of H-pyrrole nitrogens is 1. The zero-order valence-corrected chi connectivity index (χ0v) is 17.7. The lowest BCUT2D eigenvalue weighted by molar-refractivity contribution is -0.114. The predicted octanol–water partition coefficient (Wildman–Crippen LogP) is 3.21. The van der Waals surface area contributed by atoms with Crippen molar-refractivity contribution in [2.45, 2.75) is 25.9 Å². The number of rotatable bonds is 6. The van der Waals surface area contributed by atoms with E-state index in [2.05, 4.69) is 20.4 Å². The highest BCUT2D eigenvalue weighted by atomic mass is 32.2. The molecule has 3 heterocycles. The number of carbonyl (C=O) groups excluding carboxylic acids is 1. The normalized spacial score (nSPS) is 11.3. The lowest BCUT2D eigenvalue weighted by Gasteiger charge is -2.07. The predicted molar refractivity (Wildman–Crippen MR) is 116 cm³/mol. The van der Waals surface area contributed by atoms with Gasteiger partial charge >= 0.3 is 0 Å². The van der Waals surface area contributed by atoms with Gasteiger partial charge in [0.05, 0.1) is 28.8 Å². The minimum absolute atomic E-state index is 0.101. The van der Waals surface area contributed by atoms with Crippen molar-refractivity contribution in [3.05, 3.63) is 45.3 Å². The van der Waals surface area contributed by atoms with Crippen LogP contribution in [0.2, 0.25) is 0 Å². The molecule has 0 spiro atoms. The van der Waals surface area contributed by atoms with Crippen LogP contribution in [-0.4, -0.2) is 37.9 Å². The largest absolute Gasteiger partial charge is 0.494 e. The smallest absolute Gasteiger partial charge is 0.281 e. The molecule has 4 rings (SSSR count). The molecule has 0 aliphatic rings. The first kappa shape index (κ1) is 19.5. The van der Waals surface area contributed by atoms with E-state index in [4.69, 9.17) is 4.74 Å². The Balaban J connectivity index is 1.46. The second kappa shape index (κ2) is 7.88. The standard InChI is InChI=1S/C19H19N5O3S2/c1-4-27-12-5-6-13-14(7-12)22-19(21-13)28-8-15(25)23-24-9-20-17-16(18(24)26)10(2)11(3)29-17/h5-7,9H,4,8H2,1-3H3,(H,21,22)(H,23,25). The van der Waals surface area contributed by atoms with Crippen LogP contribution in [0.25, 0.3) is 21.3 Å².